The Morgan fingerprint density at radius 3 is 2.56 bits per heavy atom. The van der Waals surface area contributed by atoms with Crippen LogP contribution in [0, 0.1) is 0 Å². The number of esters is 1. The minimum absolute atomic E-state index is 0.359. The molecule has 0 fully saturated rings. The monoisotopic (exact) mass is 330 g/mol. The molecule has 0 N–H and O–H groups in total. The Balaban J connectivity index is 1.91. The number of methoxy groups -OCH3 is 1. The second-order valence-electron chi connectivity index (χ2n) is 5.69. The molecule has 1 heterocycles. The SMILES string of the molecule is COC(=O)/C=C/c1ccccc1-c1ccc[n+](Cc2ccccc2)c1. The van der Waals surface area contributed by atoms with Gasteiger partial charge in [-0.1, -0.05) is 54.6 Å². The number of pyridine rings is 1. The predicted molar refractivity (Wildman–Crippen MR) is 98.7 cm³/mol. The minimum atomic E-state index is -0.359. The van der Waals surface area contributed by atoms with E-state index in [2.05, 4.69) is 46.0 Å². The minimum Gasteiger partial charge on any atom is -0.466 e. The Morgan fingerprint density at radius 1 is 1.00 bits per heavy atom. The highest BCUT2D eigenvalue weighted by molar-refractivity contribution is 5.89. The molecule has 0 atom stereocenters. The second kappa shape index (κ2) is 8.06. The van der Waals surface area contributed by atoms with Crippen LogP contribution < -0.4 is 4.57 Å². The first-order chi connectivity index (χ1) is 12.3. The normalized spacial score (nSPS) is 10.8. The van der Waals surface area contributed by atoms with Crippen molar-refractivity contribution in [3.05, 3.63) is 96.3 Å². The van der Waals surface area contributed by atoms with E-state index in [4.69, 9.17) is 0 Å². The predicted octanol–water partition coefficient (Wildman–Crippen LogP) is 3.88. The molecule has 0 aliphatic carbocycles. The van der Waals surface area contributed by atoms with Gasteiger partial charge in [-0.05, 0) is 23.3 Å². The summed E-state index contributed by atoms with van der Waals surface area (Å²) < 4.78 is 6.83. The summed E-state index contributed by atoms with van der Waals surface area (Å²) in [6.45, 7) is 0.814. The Kier molecular flexibility index (Phi) is 5.37. The van der Waals surface area contributed by atoms with Gasteiger partial charge < -0.3 is 4.74 Å². The van der Waals surface area contributed by atoms with Crippen LogP contribution in [0.25, 0.3) is 17.2 Å². The molecule has 0 aliphatic heterocycles. The summed E-state index contributed by atoms with van der Waals surface area (Å²) in [5.41, 5.74) is 4.41. The number of benzene rings is 2. The van der Waals surface area contributed by atoms with Crippen molar-refractivity contribution in [3.63, 3.8) is 0 Å². The zero-order valence-corrected chi connectivity index (χ0v) is 14.1. The highest BCUT2D eigenvalue weighted by Crippen LogP contribution is 2.23. The lowest BCUT2D eigenvalue weighted by Gasteiger charge is -2.06. The van der Waals surface area contributed by atoms with Crippen molar-refractivity contribution in [1.29, 1.82) is 0 Å². The van der Waals surface area contributed by atoms with Crippen LogP contribution in [0.2, 0.25) is 0 Å². The van der Waals surface area contributed by atoms with Gasteiger partial charge in [0.15, 0.2) is 18.9 Å². The fraction of sp³-hybridized carbons (Fsp3) is 0.0909. The van der Waals surface area contributed by atoms with Crippen LogP contribution in [-0.4, -0.2) is 13.1 Å². The van der Waals surface area contributed by atoms with Crippen LogP contribution >= 0.6 is 0 Å². The molecule has 3 heteroatoms. The van der Waals surface area contributed by atoms with E-state index in [-0.39, 0.29) is 5.97 Å². The van der Waals surface area contributed by atoms with E-state index in [1.807, 2.05) is 42.5 Å². The molecule has 1 aromatic heterocycles. The van der Waals surface area contributed by atoms with Crippen LogP contribution in [-0.2, 0) is 16.1 Å². The van der Waals surface area contributed by atoms with Gasteiger partial charge in [0.05, 0.1) is 7.11 Å². The second-order valence-corrected chi connectivity index (χ2v) is 5.69. The number of hydrogen-bond donors (Lipinski definition) is 0. The molecule has 0 spiro atoms. The number of aromatic nitrogens is 1. The smallest absolute Gasteiger partial charge is 0.330 e. The van der Waals surface area contributed by atoms with Crippen molar-refractivity contribution in [2.24, 2.45) is 0 Å². The van der Waals surface area contributed by atoms with Crippen LogP contribution in [0.5, 0.6) is 0 Å². The molecule has 3 nitrogen and oxygen atoms in total. The molecule has 0 amide bonds. The van der Waals surface area contributed by atoms with Crippen molar-refractivity contribution >= 4 is 12.0 Å². The number of carbonyl (C=O) groups is 1. The summed E-state index contributed by atoms with van der Waals surface area (Å²) in [6, 6.07) is 22.5. The Morgan fingerprint density at radius 2 is 1.76 bits per heavy atom. The average Bonchev–Trinajstić information content (AvgIpc) is 2.67. The third-order valence-electron chi connectivity index (χ3n) is 3.94. The molecule has 2 aromatic carbocycles. The third-order valence-corrected chi connectivity index (χ3v) is 3.94. The van der Waals surface area contributed by atoms with Crippen LogP contribution in [0.3, 0.4) is 0 Å². The summed E-state index contributed by atoms with van der Waals surface area (Å²) in [4.78, 5) is 11.4. The number of hydrogen-bond acceptors (Lipinski definition) is 2. The zero-order valence-electron chi connectivity index (χ0n) is 14.1. The Labute approximate surface area is 147 Å². The van der Waals surface area contributed by atoms with E-state index in [0.717, 1.165) is 23.2 Å². The quantitative estimate of drug-likeness (QED) is 0.404. The molecule has 3 rings (SSSR count). The third kappa shape index (κ3) is 4.42. The first-order valence-corrected chi connectivity index (χ1v) is 8.15. The number of nitrogens with zero attached hydrogens (tertiary/aromatic N) is 1. The lowest BCUT2D eigenvalue weighted by molar-refractivity contribution is -0.687. The molecule has 0 bridgehead atoms. The molecule has 3 aromatic rings. The van der Waals surface area contributed by atoms with Gasteiger partial charge in [0.25, 0.3) is 0 Å². The van der Waals surface area contributed by atoms with Crippen molar-refractivity contribution in [2.75, 3.05) is 7.11 Å². The summed E-state index contributed by atoms with van der Waals surface area (Å²) in [7, 11) is 1.38. The Bertz CT molecular complexity index is 885. The Hall–Kier alpha value is -3.20. The molecular formula is C22H20NO2+. The number of carbonyl (C=O) groups excluding carboxylic acids is 1. The lowest BCUT2D eigenvalue weighted by atomic mass is 10.0. The van der Waals surface area contributed by atoms with E-state index in [0.29, 0.717) is 0 Å². The molecular weight excluding hydrogens is 310 g/mol. The number of rotatable bonds is 5. The highest BCUT2D eigenvalue weighted by atomic mass is 16.5. The zero-order chi connectivity index (χ0) is 17.5. The molecule has 0 unspecified atom stereocenters. The van der Waals surface area contributed by atoms with Crippen molar-refractivity contribution in [1.82, 2.24) is 0 Å². The van der Waals surface area contributed by atoms with E-state index in [9.17, 15) is 4.79 Å². The fourth-order valence-electron chi connectivity index (χ4n) is 2.70. The maximum atomic E-state index is 11.4. The highest BCUT2D eigenvalue weighted by Gasteiger charge is 2.08. The summed E-state index contributed by atoms with van der Waals surface area (Å²) >= 11 is 0. The summed E-state index contributed by atoms with van der Waals surface area (Å²) in [6.07, 6.45) is 7.41. The molecule has 124 valence electrons. The van der Waals surface area contributed by atoms with Crippen LogP contribution in [0.15, 0.2) is 85.2 Å². The van der Waals surface area contributed by atoms with Gasteiger partial charge in [0.2, 0.25) is 0 Å². The molecule has 0 radical (unpaired) electrons. The summed E-state index contributed by atoms with van der Waals surface area (Å²) in [5, 5.41) is 0. The van der Waals surface area contributed by atoms with Gasteiger partial charge in [-0.25, -0.2) is 9.36 Å². The van der Waals surface area contributed by atoms with Gasteiger partial charge >= 0.3 is 5.97 Å². The van der Waals surface area contributed by atoms with Crippen molar-refractivity contribution < 1.29 is 14.1 Å². The maximum Gasteiger partial charge on any atom is 0.330 e. The van der Waals surface area contributed by atoms with Gasteiger partial charge in [-0.15, -0.1) is 0 Å². The fourth-order valence-corrected chi connectivity index (χ4v) is 2.70. The van der Waals surface area contributed by atoms with Gasteiger partial charge in [-0.3, -0.25) is 0 Å². The first-order valence-electron chi connectivity index (χ1n) is 8.15. The lowest BCUT2D eigenvalue weighted by Crippen LogP contribution is -2.33. The largest absolute Gasteiger partial charge is 0.466 e. The van der Waals surface area contributed by atoms with Crippen LogP contribution in [0.4, 0.5) is 0 Å². The van der Waals surface area contributed by atoms with Crippen molar-refractivity contribution in [3.8, 4) is 11.1 Å². The van der Waals surface area contributed by atoms with E-state index in [1.165, 1.54) is 18.7 Å². The van der Waals surface area contributed by atoms with E-state index >= 15 is 0 Å². The van der Waals surface area contributed by atoms with Gasteiger partial charge in [0, 0.05) is 23.3 Å². The summed E-state index contributed by atoms with van der Waals surface area (Å²) in [5.74, 6) is -0.359. The average molecular weight is 330 g/mol. The molecule has 25 heavy (non-hydrogen) atoms. The first kappa shape index (κ1) is 16.7. The van der Waals surface area contributed by atoms with Crippen LogP contribution in [0.1, 0.15) is 11.1 Å². The van der Waals surface area contributed by atoms with E-state index in [1.54, 1.807) is 6.08 Å². The topological polar surface area (TPSA) is 30.2 Å². The molecule has 0 saturated heterocycles. The molecule has 0 aliphatic rings. The maximum absolute atomic E-state index is 11.4. The number of ether oxygens (including phenoxy) is 1. The van der Waals surface area contributed by atoms with Gasteiger partial charge in [-0.2, -0.15) is 0 Å². The standard InChI is InChI=1S/C22H20NO2/c1-25-22(24)14-13-19-10-5-6-12-21(19)20-11-7-15-23(17-20)16-18-8-3-2-4-9-18/h2-15,17H,16H2,1H3/q+1/b14-13+. The molecule has 0 saturated carbocycles. The van der Waals surface area contributed by atoms with Gasteiger partial charge in [0.1, 0.15) is 0 Å². The van der Waals surface area contributed by atoms with Crippen molar-refractivity contribution in [2.45, 2.75) is 6.54 Å². The van der Waals surface area contributed by atoms with E-state index < -0.39 is 0 Å².